The molecule has 0 saturated carbocycles. The molecule has 2 aromatic rings. The molecule has 4 nitrogen and oxygen atoms in total. The first kappa shape index (κ1) is 7.09. The molecule has 0 aliphatic rings. The Morgan fingerprint density at radius 3 is 3.17 bits per heavy atom. The highest BCUT2D eigenvalue weighted by Crippen LogP contribution is 2.08. The minimum Gasteiger partial charge on any atom is -0.384 e. The van der Waals surface area contributed by atoms with Gasteiger partial charge in [0.05, 0.1) is 6.20 Å². The first-order valence-electron chi connectivity index (χ1n) is 3.90. The molecule has 0 atom stereocenters. The molecule has 0 spiro atoms. The minimum atomic E-state index is 0.641. The summed E-state index contributed by atoms with van der Waals surface area (Å²) in [6, 6.07) is 3.69. The Bertz CT molecular complexity index is 404. The van der Waals surface area contributed by atoms with E-state index in [9.17, 15) is 0 Å². The van der Waals surface area contributed by atoms with Crippen molar-refractivity contribution in [2.45, 2.75) is 13.3 Å². The maximum atomic E-state index is 5.74. The van der Waals surface area contributed by atoms with Crippen molar-refractivity contribution in [2.75, 3.05) is 5.73 Å². The summed E-state index contributed by atoms with van der Waals surface area (Å²) >= 11 is 0. The lowest BCUT2D eigenvalue weighted by Crippen LogP contribution is -2.01. The normalized spacial score (nSPS) is 10.8. The molecule has 62 valence electrons. The molecule has 0 bridgehead atoms. The number of nitrogens with zero attached hydrogens (tertiary/aromatic N) is 3. The third-order valence-electron chi connectivity index (χ3n) is 1.80. The summed E-state index contributed by atoms with van der Waals surface area (Å²) in [4.78, 5) is 4.34. The molecule has 0 amide bonds. The van der Waals surface area contributed by atoms with Crippen LogP contribution in [0.25, 0.3) is 5.65 Å². The van der Waals surface area contributed by atoms with Crippen molar-refractivity contribution in [3.8, 4) is 0 Å². The molecule has 4 heteroatoms. The molecule has 2 N–H and O–H groups in total. The van der Waals surface area contributed by atoms with Gasteiger partial charge in [-0.3, -0.25) is 0 Å². The highest BCUT2D eigenvalue weighted by Gasteiger charge is 2.00. The van der Waals surface area contributed by atoms with Gasteiger partial charge in [0.25, 0.3) is 0 Å². The van der Waals surface area contributed by atoms with E-state index in [-0.39, 0.29) is 0 Å². The molecule has 0 aliphatic heterocycles. The van der Waals surface area contributed by atoms with E-state index < -0.39 is 0 Å². The van der Waals surface area contributed by atoms with Crippen molar-refractivity contribution < 1.29 is 0 Å². The zero-order chi connectivity index (χ0) is 8.55. The van der Waals surface area contributed by atoms with Crippen molar-refractivity contribution in [1.29, 1.82) is 0 Å². The first-order chi connectivity index (χ1) is 5.81. The van der Waals surface area contributed by atoms with Gasteiger partial charge in [0, 0.05) is 17.8 Å². The predicted molar refractivity (Wildman–Crippen MR) is 46.8 cm³/mol. The molecule has 0 unspecified atom stereocenters. The Labute approximate surface area is 70.0 Å². The van der Waals surface area contributed by atoms with Crippen LogP contribution in [0.1, 0.15) is 12.6 Å². The van der Waals surface area contributed by atoms with Gasteiger partial charge in [-0.15, -0.1) is 0 Å². The van der Waals surface area contributed by atoms with Gasteiger partial charge in [-0.2, -0.15) is 9.61 Å². The summed E-state index contributed by atoms with van der Waals surface area (Å²) in [7, 11) is 0. The topological polar surface area (TPSA) is 56.2 Å². The number of aryl methyl sites for hydroxylation is 1. The molecular weight excluding hydrogens is 152 g/mol. The van der Waals surface area contributed by atoms with Gasteiger partial charge in [-0.25, -0.2) is 4.98 Å². The van der Waals surface area contributed by atoms with Crippen molar-refractivity contribution in [1.82, 2.24) is 14.6 Å². The quantitative estimate of drug-likeness (QED) is 0.677. The Kier molecular flexibility index (Phi) is 1.46. The second kappa shape index (κ2) is 2.48. The van der Waals surface area contributed by atoms with Gasteiger partial charge in [0.1, 0.15) is 5.82 Å². The number of hydrogen-bond donors (Lipinski definition) is 1. The van der Waals surface area contributed by atoms with E-state index in [0.29, 0.717) is 5.82 Å². The number of aromatic nitrogens is 3. The van der Waals surface area contributed by atoms with Crippen LogP contribution in [0.15, 0.2) is 18.3 Å². The lowest BCUT2D eigenvalue weighted by Gasteiger charge is -2.00. The lowest BCUT2D eigenvalue weighted by molar-refractivity contribution is 0.924. The van der Waals surface area contributed by atoms with Crippen LogP contribution in [0.2, 0.25) is 0 Å². The van der Waals surface area contributed by atoms with E-state index in [0.717, 1.165) is 17.8 Å². The monoisotopic (exact) mass is 162 g/mol. The summed E-state index contributed by atoms with van der Waals surface area (Å²) in [6.45, 7) is 2.05. The summed E-state index contributed by atoms with van der Waals surface area (Å²) in [5.41, 5.74) is 7.55. The van der Waals surface area contributed by atoms with E-state index in [1.165, 1.54) is 0 Å². The molecule has 12 heavy (non-hydrogen) atoms. The summed E-state index contributed by atoms with van der Waals surface area (Å²) < 4.78 is 1.62. The molecule has 0 aromatic carbocycles. The van der Waals surface area contributed by atoms with Gasteiger partial charge < -0.3 is 5.73 Å². The fourth-order valence-electron chi connectivity index (χ4n) is 1.17. The molecule has 0 saturated heterocycles. The molecule has 0 aliphatic carbocycles. The Hall–Kier alpha value is -1.58. The smallest absolute Gasteiger partial charge is 0.157 e. The summed E-state index contributed by atoms with van der Waals surface area (Å²) in [5, 5.41) is 4.02. The second-order valence-corrected chi connectivity index (χ2v) is 2.63. The summed E-state index contributed by atoms with van der Waals surface area (Å²) in [6.07, 6.45) is 2.59. The number of fused-ring (bicyclic) bond motifs is 1. The van der Waals surface area contributed by atoms with E-state index in [1.54, 1.807) is 10.7 Å². The fraction of sp³-hybridized carbons (Fsp3) is 0.250. The molecule has 2 heterocycles. The molecule has 0 fully saturated rings. The SMILES string of the molecule is CCc1cc(N)n2nccc2n1. The van der Waals surface area contributed by atoms with Crippen LogP contribution in [-0.2, 0) is 6.42 Å². The Balaban J connectivity index is 2.75. The van der Waals surface area contributed by atoms with Gasteiger partial charge >= 0.3 is 0 Å². The van der Waals surface area contributed by atoms with Crippen LogP contribution in [0.3, 0.4) is 0 Å². The molecule has 2 rings (SSSR count). The van der Waals surface area contributed by atoms with Crippen LogP contribution in [-0.4, -0.2) is 14.6 Å². The summed E-state index contributed by atoms with van der Waals surface area (Å²) in [5.74, 6) is 0.641. The Morgan fingerprint density at radius 2 is 2.42 bits per heavy atom. The van der Waals surface area contributed by atoms with Crippen LogP contribution < -0.4 is 5.73 Å². The number of rotatable bonds is 1. The van der Waals surface area contributed by atoms with Crippen molar-refractivity contribution >= 4 is 11.5 Å². The molecule has 2 aromatic heterocycles. The lowest BCUT2D eigenvalue weighted by atomic mass is 10.3. The Morgan fingerprint density at radius 1 is 1.58 bits per heavy atom. The van der Waals surface area contributed by atoms with Crippen LogP contribution in [0, 0.1) is 0 Å². The predicted octanol–water partition coefficient (Wildman–Crippen LogP) is 0.874. The minimum absolute atomic E-state index is 0.641. The number of anilines is 1. The third kappa shape index (κ3) is 0.922. The van der Waals surface area contributed by atoms with Crippen molar-refractivity contribution in [3.63, 3.8) is 0 Å². The van der Waals surface area contributed by atoms with E-state index in [4.69, 9.17) is 5.73 Å². The van der Waals surface area contributed by atoms with Gasteiger partial charge in [0.15, 0.2) is 5.65 Å². The number of nitrogen functional groups attached to an aromatic ring is 1. The van der Waals surface area contributed by atoms with Crippen molar-refractivity contribution in [3.05, 3.63) is 24.0 Å². The van der Waals surface area contributed by atoms with Crippen LogP contribution >= 0.6 is 0 Å². The fourth-order valence-corrected chi connectivity index (χ4v) is 1.17. The zero-order valence-electron chi connectivity index (χ0n) is 6.86. The third-order valence-corrected chi connectivity index (χ3v) is 1.80. The van der Waals surface area contributed by atoms with E-state index in [2.05, 4.69) is 17.0 Å². The number of nitrogens with two attached hydrogens (primary N) is 1. The van der Waals surface area contributed by atoms with Gasteiger partial charge in [0.2, 0.25) is 0 Å². The van der Waals surface area contributed by atoms with E-state index >= 15 is 0 Å². The molecule has 0 radical (unpaired) electrons. The second-order valence-electron chi connectivity index (χ2n) is 2.63. The van der Waals surface area contributed by atoms with E-state index in [1.807, 2.05) is 12.1 Å². The largest absolute Gasteiger partial charge is 0.384 e. The maximum Gasteiger partial charge on any atom is 0.157 e. The zero-order valence-corrected chi connectivity index (χ0v) is 6.86. The molecular formula is C8H10N4. The standard InChI is InChI=1S/C8H10N4/c1-2-6-5-7(9)12-8(11-6)3-4-10-12/h3-5H,2,9H2,1H3. The first-order valence-corrected chi connectivity index (χ1v) is 3.90. The maximum absolute atomic E-state index is 5.74. The van der Waals surface area contributed by atoms with Crippen LogP contribution in [0.4, 0.5) is 5.82 Å². The number of hydrogen-bond acceptors (Lipinski definition) is 3. The van der Waals surface area contributed by atoms with Crippen molar-refractivity contribution in [2.24, 2.45) is 0 Å². The average Bonchev–Trinajstić information content (AvgIpc) is 2.52. The van der Waals surface area contributed by atoms with Gasteiger partial charge in [-0.1, -0.05) is 6.92 Å². The highest BCUT2D eigenvalue weighted by atomic mass is 15.3. The highest BCUT2D eigenvalue weighted by molar-refractivity contribution is 5.46. The van der Waals surface area contributed by atoms with Crippen LogP contribution in [0.5, 0.6) is 0 Å². The average molecular weight is 162 g/mol. The van der Waals surface area contributed by atoms with Gasteiger partial charge in [-0.05, 0) is 6.42 Å².